The summed E-state index contributed by atoms with van der Waals surface area (Å²) in [6.45, 7) is 3.83. The van der Waals surface area contributed by atoms with Gasteiger partial charge in [-0.15, -0.1) is 0 Å². The number of rotatable bonds is 6. The van der Waals surface area contributed by atoms with Gasteiger partial charge in [-0.1, -0.05) is 24.6 Å². The summed E-state index contributed by atoms with van der Waals surface area (Å²) in [5, 5.41) is 13.4. The summed E-state index contributed by atoms with van der Waals surface area (Å²) in [5.41, 5.74) is 5.20. The molecule has 0 aliphatic rings. The lowest BCUT2D eigenvalue weighted by molar-refractivity contribution is -0.123. The van der Waals surface area contributed by atoms with Gasteiger partial charge in [0.15, 0.2) is 6.61 Å². The van der Waals surface area contributed by atoms with Gasteiger partial charge in [0, 0.05) is 0 Å². The van der Waals surface area contributed by atoms with Crippen molar-refractivity contribution in [2.45, 2.75) is 20.3 Å². The summed E-state index contributed by atoms with van der Waals surface area (Å²) in [5.74, 6) is 0.513. The molecule has 5 nitrogen and oxygen atoms in total. The molecular formula is C18H20N2O3. The van der Waals surface area contributed by atoms with Gasteiger partial charge in [0.2, 0.25) is 0 Å². The van der Waals surface area contributed by atoms with Crippen molar-refractivity contribution in [2.24, 2.45) is 5.10 Å². The van der Waals surface area contributed by atoms with Gasteiger partial charge in [-0.25, -0.2) is 5.43 Å². The van der Waals surface area contributed by atoms with Gasteiger partial charge in [-0.3, -0.25) is 4.79 Å². The first kappa shape index (κ1) is 16.5. The minimum Gasteiger partial charge on any atom is -0.508 e. The fraction of sp³-hybridized carbons (Fsp3) is 0.222. The SMILES string of the molecule is CCC(=NNC(=O)COc1ccc(C)cc1)c1ccc(O)cc1. The number of phenolic OH excluding ortho intramolecular Hbond substituents is 1. The number of hydrazone groups is 1. The molecule has 23 heavy (non-hydrogen) atoms. The zero-order chi connectivity index (χ0) is 16.7. The van der Waals surface area contributed by atoms with Crippen molar-refractivity contribution in [3.63, 3.8) is 0 Å². The van der Waals surface area contributed by atoms with E-state index in [1.54, 1.807) is 24.3 Å². The molecule has 0 fully saturated rings. The number of nitrogens with one attached hydrogen (secondary N) is 1. The fourth-order valence-electron chi connectivity index (χ4n) is 1.95. The number of carbonyl (C=O) groups is 1. The molecule has 0 aliphatic heterocycles. The lowest BCUT2D eigenvalue weighted by Gasteiger charge is -2.07. The summed E-state index contributed by atoms with van der Waals surface area (Å²) in [6.07, 6.45) is 0.657. The molecule has 2 rings (SSSR count). The number of hydrogen-bond acceptors (Lipinski definition) is 4. The second-order valence-corrected chi connectivity index (χ2v) is 5.10. The van der Waals surface area contributed by atoms with Crippen LogP contribution in [0.2, 0.25) is 0 Å². The van der Waals surface area contributed by atoms with Crippen LogP contribution in [0.1, 0.15) is 24.5 Å². The second kappa shape index (κ2) is 7.98. The highest BCUT2D eigenvalue weighted by Gasteiger charge is 2.05. The van der Waals surface area contributed by atoms with E-state index < -0.39 is 0 Å². The van der Waals surface area contributed by atoms with Gasteiger partial charge in [0.1, 0.15) is 11.5 Å². The standard InChI is InChI=1S/C18H20N2O3/c1-3-17(14-6-8-15(21)9-7-14)19-20-18(22)12-23-16-10-4-13(2)5-11-16/h4-11,21H,3,12H2,1-2H3,(H,20,22). The molecule has 0 heterocycles. The topological polar surface area (TPSA) is 70.9 Å². The van der Waals surface area contributed by atoms with Crippen LogP contribution in [0.3, 0.4) is 0 Å². The van der Waals surface area contributed by atoms with Crippen LogP contribution in [0.5, 0.6) is 11.5 Å². The lowest BCUT2D eigenvalue weighted by atomic mass is 10.1. The Morgan fingerprint density at radius 1 is 1.13 bits per heavy atom. The van der Waals surface area contributed by atoms with Gasteiger partial charge in [0.25, 0.3) is 5.91 Å². The Bertz CT molecular complexity index is 676. The average molecular weight is 312 g/mol. The van der Waals surface area contributed by atoms with E-state index >= 15 is 0 Å². The van der Waals surface area contributed by atoms with Crippen LogP contribution in [0, 0.1) is 6.92 Å². The Balaban J connectivity index is 1.90. The predicted octanol–water partition coefficient (Wildman–Crippen LogP) is 3.01. The number of aryl methyl sites for hydroxylation is 1. The van der Waals surface area contributed by atoms with E-state index in [2.05, 4.69) is 10.5 Å². The van der Waals surface area contributed by atoms with Crippen molar-refractivity contribution < 1.29 is 14.6 Å². The van der Waals surface area contributed by atoms with Crippen LogP contribution in [0.15, 0.2) is 53.6 Å². The molecular weight excluding hydrogens is 292 g/mol. The number of phenols is 1. The molecule has 0 aliphatic carbocycles. The molecule has 0 bridgehead atoms. The first-order valence-electron chi connectivity index (χ1n) is 7.42. The van der Waals surface area contributed by atoms with Crippen LogP contribution in [0.4, 0.5) is 0 Å². The Morgan fingerprint density at radius 2 is 1.78 bits per heavy atom. The number of ether oxygens (including phenoxy) is 1. The molecule has 0 saturated carbocycles. The number of nitrogens with zero attached hydrogens (tertiary/aromatic N) is 1. The summed E-state index contributed by atoms with van der Waals surface area (Å²) in [4.78, 5) is 11.8. The third-order valence-corrected chi connectivity index (χ3v) is 3.24. The number of aromatic hydroxyl groups is 1. The number of benzene rings is 2. The zero-order valence-corrected chi connectivity index (χ0v) is 13.2. The zero-order valence-electron chi connectivity index (χ0n) is 13.2. The molecule has 0 atom stereocenters. The maximum Gasteiger partial charge on any atom is 0.277 e. The maximum absolute atomic E-state index is 11.8. The van der Waals surface area contributed by atoms with Crippen molar-refractivity contribution in [1.29, 1.82) is 0 Å². The number of hydrogen-bond donors (Lipinski definition) is 2. The molecule has 2 N–H and O–H groups in total. The van der Waals surface area contributed by atoms with Gasteiger partial charge in [-0.05, 0) is 55.3 Å². The predicted molar refractivity (Wildman–Crippen MR) is 89.8 cm³/mol. The Hall–Kier alpha value is -2.82. The van der Waals surface area contributed by atoms with E-state index in [9.17, 15) is 9.90 Å². The lowest BCUT2D eigenvalue weighted by Crippen LogP contribution is -2.26. The normalized spacial score (nSPS) is 11.1. The summed E-state index contributed by atoms with van der Waals surface area (Å²) in [6, 6.07) is 14.2. The second-order valence-electron chi connectivity index (χ2n) is 5.10. The minimum atomic E-state index is -0.324. The monoisotopic (exact) mass is 312 g/mol. The molecule has 5 heteroatoms. The Labute approximate surface area is 135 Å². The van der Waals surface area contributed by atoms with Crippen molar-refractivity contribution in [3.8, 4) is 11.5 Å². The molecule has 120 valence electrons. The average Bonchev–Trinajstić information content (AvgIpc) is 2.56. The third-order valence-electron chi connectivity index (χ3n) is 3.24. The molecule has 0 radical (unpaired) electrons. The van der Waals surface area contributed by atoms with E-state index in [1.807, 2.05) is 38.1 Å². The summed E-state index contributed by atoms with van der Waals surface area (Å²) < 4.78 is 5.40. The van der Waals surface area contributed by atoms with Crippen LogP contribution >= 0.6 is 0 Å². The smallest absolute Gasteiger partial charge is 0.277 e. The van der Waals surface area contributed by atoms with Crippen LogP contribution in [-0.2, 0) is 4.79 Å². The highest BCUT2D eigenvalue weighted by atomic mass is 16.5. The Morgan fingerprint density at radius 3 is 2.39 bits per heavy atom. The first-order chi connectivity index (χ1) is 11.1. The number of amides is 1. The largest absolute Gasteiger partial charge is 0.508 e. The van der Waals surface area contributed by atoms with Gasteiger partial charge >= 0.3 is 0 Å². The van der Waals surface area contributed by atoms with Crippen LogP contribution < -0.4 is 10.2 Å². The van der Waals surface area contributed by atoms with Gasteiger partial charge in [-0.2, -0.15) is 5.10 Å². The fourth-order valence-corrected chi connectivity index (χ4v) is 1.95. The van der Waals surface area contributed by atoms with Crippen LogP contribution in [-0.4, -0.2) is 23.3 Å². The summed E-state index contributed by atoms with van der Waals surface area (Å²) in [7, 11) is 0. The van der Waals surface area contributed by atoms with E-state index in [4.69, 9.17) is 4.74 Å². The summed E-state index contributed by atoms with van der Waals surface area (Å²) >= 11 is 0. The molecule has 0 spiro atoms. The quantitative estimate of drug-likeness (QED) is 0.636. The van der Waals surface area contributed by atoms with Gasteiger partial charge < -0.3 is 9.84 Å². The number of carbonyl (C=O) groups excluding carboxylic acids is 1. The molecule has 0 aromatic heterocycles. The van der Waals surface area contributed by atoms with E-state index in [0.717, 1.165) is 16.8 Å². The van der Waals surface area contributed by atoms with Crippen molar-refractivity contribution in [2.75, 3.05) is 6.61 Å². The van der Waals surface area contributed by atoms with E-state index in [1.165, 1.54) is 0 Å². The van der Waals surface area contributed by atoms with Gasteiger partial charge in [0.05, 0.1) is 5.71 Å². The molecule has 2 aromatic carbocycles. The highest BCUT2D eigenvalue weighted by molar-refractivity contribution is 6.01. The molecule has 1 amide bonds. The van der Waals surface area contributed by atoms with Crippen molar-refractivity contribution in [1.82, 2.24) is 5.43 Å². The van der Waals surface area contributed by atoms with E-state index in [-0.39, 0.29) is 18.3 Å². The van der Waals surface area contributed by atoms with Crippen molar-refractivity contribution >= 4 is 11.6 Å². The molecule has 0 unspecified atom stereocenters. The highest BCUT2D eigenvalue weighted by Crippen LogP contribution is 2.12. The van der Waals surface area contributed by atoms with E-state index in [0.29, 0.717) is 12.2 Å². The Kier molecular flexibility index (Phi) is 5.74. The molecule has 0 saturated heterocycles. The van der Waals surface area contributed by atoms with Crippen LogP contribution in [0.25, 0.3) is 0 Å². The molecule has 2 aromatic rings. The third kappa shape index (κ3) is 5.14. The maximum atomic E-state index is 11.8. The minimum absolute atomic E-state index is 0.0981. The van der Waals surface area contributed by atoms with Crippen molar-refractivity contribution in [3.05, 3.63) is 59.7 Å². The first-order valence-corrected chi connectivity index (χ1v) is 7.42.